The first kappa shape index (κ1) is 7.29. The van der Waals surface area contributed by atoms with E-state index in [-0.39, 0.29) is 11.4 Å². The van der Waals surface area contributed by atoms with Gasteiger partial charge in [-0.05, 0) is 0 Å². The van der Waals surface area contributed by atoms with Crippen molar-refractivity contribution >= 4 is 25.7 Å². The van der Waals surface area contributed by atoms with E-state index in [0.29, 0.717) is 4.35 Å². The molecule has 0 aliphatic rings. The molecule has 3 N–H and O–H groups in total. The second-order valence-electron chi connectivity index (χ2n) is 1.80. The molecular weight excluding hydrogens is 193 g/mol. The van der Waals surface area contributed by atoms with Gasteiger partial charge >= 0.3 is 64.3 Å². The van der Waals surface area contributed by atoms with Crippen LogP contribution < -0.4 is 10.1 Å². The van der Waals surface area contributed by atoms with Crippen LogP contribution in [0.5, 0.6) is 5.75 Å². The van der Waals surface area contributed by atoms with Gasteiger partial charge in [0.1, 0.15) is 0 Å². The number of phenols is 1. The summed E-state index contributed by atoms with van der Waals surface area (Å²) in [5.74, 6) is 0.00339. The van der Waals surface area contributed by atoms with Crippen molar-refractivity contribution in [2.45, 2.75) is 0 Å². The molecular formula is C6H6AsNO2. The Morgan fingerprint density at radius 1 is 1.50 bits per heavy atom. The van der Waals surface area contributed by atoms with E-state index in [1.54, 1.807) is 12.1 Å². The number of hydrogen-bond donors (Lipinski definition) is 2. The number of nitrogens with two attached hydrogens (primary N) is 1. The zero-order valence-corrected chi connectivity index (χ0v) is 6.99. The first-order valence-electron chi connectivity index (χ1n) is 2.66. The Morgan fingerprint density at radius 3 is 2.70 bits per heavy atom. The molecule has 52 valence electrons. The number of benzene rings is 1. The topological polar surface area (TPSA) is 63.3 Å². The first-order valence-corrected chi connectivity index (χ1v) is 4.37. The SMILES string of the molecule is Nc1c(O)cccc1[As]=O. The van der Waals surface area contributed by atoms with Crippen LogP contribution in [0.2, 0.25) is 0 Å². The van der Waals surface area contributed by atoms with E-state index < -0.39 is 15.7 Å². The van der Waals surface area contributed by atoms with Crippen molar-refractivity contribution in [1.82, 2.24) is 0 Å². The fraction of sp³-hybridized carbons (Fsp3) is 0. The van der Waals surface area contributed by atoms with E-state index in [0.717, 1.165) is 0 Å². The summed E-state index contributed by atoms with van der Waals surface area (Å²) >= 11 is -1.13. The van der Waals surface area contributed by atoms with E-state index in [1.165, 1.54) is 6.07 Å². The summed E-state index contributed by atoms with van der Waals surface area (Å²) in [4.78, 5) is 0. The van der Waals surface area contributed by atoms with E-state index in [1.807, 2.05) is 0 Å². The minimum atomic E-state index is -1.13. The van der Waals surface area contributed by atoms with Crippen LogP contribution in [0.1, 0.15) is 0 Å². The third kappa shape index (κ3) is 1.19. The molecule has 0 aliphatic heterocycles. The zero-order chi connectivity index (χ0) is 7.56. The Labute approximate surface area is 64.8 Å². The molecule has 0 atom stereocenters. The van der Waals surface area contributed by atoms with Crippen LogP contribution in [0, 0.1) is 0 Å². The molecule has 0 amide bonds. The standard InChI is InChI=1S/C6H6AsNO2/c8-6-4(7-10)2-1-3-5(6)9/h1-3,9H,8H2. The second-order valence-corrected chi connectivity index (χ2v) is 3.20. The molecule has 1 rings (SSSR count). The fourth-order valence-corrected chi connectivity index (χ4v) is 1.38. The van der Waals surface area contributed by atoms with Gasteiger partial charge in [0.05, 0.1) is 0 Å². The molecule has 1 aromatic rings. The first-order chi connectivity index (χ1) is 4.75. The summed E-state index contributed by atoms with van der Waals surface area (Å²) in [6.07, 6.45) is 0. The molecule has 3 nitrogen and oxygen atoms in total. The molecule has 0 aromatic heterocycles. The average Bonchev–Trinajstić information content (AvgIpc) is 1.95. The van der Waals surface area contributed by atoms with Crippen LogP contribution in [-0.4, -0.2) is 20.8 Å². The summed E-state index contributed by atoms with van der Waals surface area (Å²) in [5.41, 5.74) is 5.60. The summed E-state index contributed by atoms with van der Waals surface area (Å²) in [5, 5.41) is 8.98. The van der Waals surface area contributed by atoms with Crippen LogP contribution in [0.15, 0.2) is 18.2 Å². The molecule has 0 heterocycles. The number of nitrogen functional groups attached to an aromatic ring is 1. The third-order valence-corrected chi connectivity index (χ3v) is 2.39. The van der Waals surface area contributed by atoms with Crippen LogP contribution in [0.3, 0.4) is 0 Å². The fourth-order valence-electron chi connectivity index (χ4n) is 0.621. The van der Waals surface area contributed by atoms with Crippen molar-refractivity contribution in [3.63, 3.8) is 0 Å². The molecule has 4 heteroatoms. The summed E-state index contributed by atoms with van der Waals surface area (Å²) < 4.78 is 10.9. The molecule has 0 fully saturated rings. The minimum absolute atomic E-state index is 0.00339. The van der Waals surface area contributed by atoms with Gasteiger partial charge in [0, 0.05) is 0 Å². The number of phenolic OH excluding ortho intramolecular Hbond substituents is 1. The van der Waals surface area contributed by atoms with Crippen LogP contribution >= 0.6 is 0 Å². The van der Waals surface area contributed by atoms with Crippen LogP contribution in [0.4, 0.5) is 5.69 Å². The normalized spacial score (nSPS) is 10.0. The van der Waals surface area contributed by atoms with E-state index >= 15 is 0 Å². The van der Waals surface area contributed by atoms with Gasteiger partial charge in [0.2, 0.25) is 0 Å². The van der Waals surface area contributed by atoms with Crippen molar-refractivity contribution in [3.05, 3.63) is 18.2 Å². The second kappa shape index (κ2) is 2.84. The van der Waals surface area contributed by atoms with Crippen molar-refractivity contribution in [2.75, 3.05) is 5.73 Å². The van der Waals surface area contributed by atoms with E-state index in [4.69, 9.17) is 10.8 Å². The van der Waals surface area contributed by atoms with Crippen molar-refractivity contribution in [3.8, 4) is 5.75 Å². The molecule has 0 saturated carbocycles. The third-order valence-electron chi connectivity index (χ3n) is 1.16. The average molecular weight is 199 g/mol. The molecule has 1 aromatic carbocycles. The van der Waals surface area contributed by atoms with Crippen molar-refractivity contribution in [2.24, 2.45) is 0 Å². The van der Waals surface area contributed by atoms with E-state index in [9.17, 15) is 3.74 Å². The van der Waals surface area contributed by atoms with Gasteiger partial charge in [-0.1, -0.05) is 0 Å². The molecule has 0 saturated heterocycles. The quantitative estimate of drug-likeness (QED) is 0.369. The zero-order valence-electron chi connectivity index (χ0n) is 5.11. The Kier molecular flexibility index (Phi) is 2.07. The van der Waals surface area contributed by atoms with Gasteiger partial charge in [-0.25, -0.2) is 0 Å². The van der Waals surface area contributed by atoms with Gasteiger partial charge in [-0.3, -0.25) is 0 Å². The van der Waals surface area contributed by atoms with Gasteiger partial charge in [-0.2, -0.15) is 0 Å². The van der Waals surface area contributed by atoms with Crippen molar-refractivity contribution in [1.29, 1.82) is 0 Å². The van der Waals surface area contributed by atoms with Crippen molar-refractivity contribution < 1.29 is 8.85 Å². The monoisotopic (exact) mass is 199 g/mol. The maximum absolute atomic E-state index is 10.4. The van der Waals surface area contributed by atoms with Gasteiger partial charge in [0.25, 0.3) is 0 Å². The molecule has 0 aliphatic carbocycles. The number of anilines is 1. The number of para-hydroxylation sites is 1. The molecule has 0 radical (unpaired) electrons. The van der Waals surface area contributed by atoms with Gasteiger partial charge in [0.15, 0.2) is 0 Å². The Bertz CT molecular complexity index is 262. The molecule has 0 spiro atoms. The van der Waals surface area contributed by atoms with Gasteiger partial charge in [-0.15, -0.1) is 0 Å². The Morgan fingerprint density at radius 2 is 2.20 bits per heavy atom. The summed E-state index contributed by atoms with van der Waals surface area (Å²) in [6.45, 7) is 0. The Balaban J connectivity index is 3.27. The van der Waals surface area contributed by atoms with Gasteiger partial charge < -0.3 is 0 Å². The number of rotatable bonds is 1. The molecule has 0 unspecified atom stereocenters. The van der Waals surface area contributed by atoms with Crippen LogP contribution in [-0.2, 0) is 3.74 Å². The molecule has 0 bridgehead atoms. The van der Waals surface area contributed by atoms with Crippen LogP contribution in [0.25, 0.3) is 0 Å². The number of aromatic hydroxyl groups is 1. The maximum atomic E-state index is 10.4. The molecule has 10 heavy (non-hydrogen) atoms. The predicted molar refractivity (Wildman–Crippen MR) is 38.6 cm³/mol. The van der Waals surface area contributed by atoms with E-state index in [2.05, 4.69) is 0 Å². The predicted octanol–water partition coefficient (Wildman–Crippen LogP) is -0.351. The summed E-state index contributed by atoms with van der Waals surface area (Å²) in [7, 11) is 0. The summed E-state index contributed by atoms with van der Waals surface area (Å²) in [6, 6.07) is 4.73. The number of hydrogen-bond acceptors (Lipinski definition) is 3. The Hall–Kier alpha value is -0.822.